The molecule has 1 aliphatic rings. The Hall–Kier alpha value is -1.49. The van der Waals surface area contributed by atoms with Crippen molar-refractivity contribution in [2.24, 2.45) is 5.92 Å². The molecule has 3 rings (SSSR count). The van der Waals surface area contributed by atoms with Gasteiger partial charge in [-0.05, 0) is 42.7 Å². The maximum Gasteiger partial charge on any atom is 0.257 e. The minimum Gasteiger partial charge on any atom is -0.296 e. The number of benzene rings is 1. The van der Waals surface area contributed by atoms with Gasteiger partial charge in [0.05, 0.1) is 4.90 Å². The van der Waals surface area contributed by atoms with Crippen LogP contribution in [0.1, 0.15) is 37.0 Å². The van der Waals surface area contributed by atoms with Gasteiger partial charge in [0.2, 0.25) is 15.2 Å². The van der Waals surface area contributed by atoms with E-state index in [-0.39, 0.29) is 10.5 Å². The fourth-order valence-corrected chi connectivity index (χ4v) is 5.94. The standard InChI is InChI=1S/C17H22N4O3S3/c1-3-25-17-20-19-16(26-17)18-15(22)13-5-4-6-14(11-13)27(23,24)21-9-7-12(2)8-10-21/h4-6,11-12H,3,7-10H2,1-2H3,(H,18,19,22). The van der Waals surface area contributed by atoms with Crippen molar-refractivity contribution in [3.63, 3.8) is 0 Å². The van der Waals surface area contributed by atoms with Crippen molar-refractivity contribution in [2.45, 2.75) is 35.9 Å². The highest BCUT2D eigenvalue weighted by Crippen LogP contribution is 2.26. The summed E-state index contributed by atoms with van der Waals surface area (Å²) in [6.45, 7) is 5.18. The molecule has 2 heterocycles. The molecule has 146 valence electrons. The monoisotopic (exact) mass is 426 g/mol. The average Bonchev–Trinajstić information content (AvgIpc) is 3.09. The van der Waals surface area contributed by atoms with Crippen molar-refractivity contribution in [3.05, 3.63) is 29.8 Å². The number of hydrogen-bond acceptors (Lipinski definition) is 7. The molecule has 7 nitrogen and oxygen atoms in total. The summed E-state index contributed by atoms with van der Waals surface area (Å²) in [6.07, 6.45) is 1.71. The van der Waals surface area contributed by atoms with Crippen LogP contribution in [0.15, 0.2) is 33.5 Å². The van der Waals surface area contributed by atoms with Crippen molar-refractivity contribution in [3.8, 4) is 0 Å². The van der Waals surface area contributed by atoms with Crippen molar-refractivity contribution in [2.75, 3.05) is 24.2 Å². The lowest BCUT2D eigenvalue weighted by molar-refractivity contribution is 0.102. The molecule has 27 heavy (non-hydrogen) atoms. The van der Waals surface area contributed by atoms with Crippen LogP contribution in [-0.2, 0) is 10.0 Å². The van der Waals surface area contributed by atoms with Crippen LogP contribution in [0.25, 0.3) is 0 Å². The van der Waals surface area contributed by atoms with E-state index in [1.165, 1.54) is 27.8 Å². The highest BCUT2D eigenvalue weighted by molar-refractivity contribution is 8.01. The Labute approximate surface area is 167 Å². The number of amides is 1. The van der Waals surface area contributed by atoms with E-state index in [0.29, 0.717) is 24.1 Å². The molecule has 1 aromatic heterocycles. The second-order valence-electron chi connectivity index (χ2n) is 6.37. The van der Waals surface area contributed by atoms with Crippen molar-refractivity contribution in [1.29, 1.82) is 0 Å². The third kappa shape index (κ3) is 4.87. The Balaban J connectivity index is 1.75. The van der Waals surface area contributed by atoms with E-state index < -0.39 is 15.9 Å². The first kappa shape index (κ1) is 20.2. The van der Waals surface area contributed by atoms with E-state index in [4.69, 9.17) is 0 Å². The number of hydrogen-bond donors (Lipinski definition) is 1. The van der Waals surface area contributed by atoms with Crippen LogP contribution in [0.2, 0.25) is 0 Å². The highest BCUT2D eigenvalue weighted by Gasteiger charge is 2.28. The van der Waals surface area contributed by atoms with Gasteiger partial charge in [-0.15, -0.1) is 10.2 Å². The van der Waals surface area contributed by atoms with E-state index in [2.05, 4.69) is 22.4 Å². The summed E-state index contributed by atoms with van der Waals surface area (Å²) in [6, 6.07) is 6.14. The molecule has 1 amide bonds. The van der Waals surface area contributed by atoms with E-state index in [9.17, 15) is 13.2 Å². The summed E-state index contributed by atoms with van der Waals surface area (Å²) in [7, 11) is -3.59. The van der Waals surface area contributed by atoms with Gasteiger partial charge in [0, 0.05) is 18.7 Å². The number of sulfonamides is 1. The summed E-state index contributed by atoms with van der Waals surface area (Å²) in [5.74, 6) is 1.01. The smallest absolute Gasteiger partial charge is 0.257 e. The second-order valence-corrected chi connectivity index (χ2v) is 10.8. The number of thioether (sulfide) groups is 1. The Kier molecular flexibility index (Phi) is 6.51. The maximum atomic E-state index is 12.9. The minimum atomic E-state index is -3.59. The van der Waals surface area contributed by atoms with Gasteiger partial charge in [-0.25, -0.2) is 8.42 Å². The van der Waals surface area contributed by atoms with Crippen LogP contribution in [0.3, 0.4) is 0 Å². The molecule has 1 N–H and O–H groups in total. The third-order valence-corrected chi connectivity index (χ3v) is 8.12. The lowest BCUT2D eigenvalue weighted by Gasteiger charge is -2.29. The van der Waals surface area contributed by atoms with Gasteiger partial charge in [-0.1, -0.05) is 43.0 Å². The molecule has 1 aromatic carbocycles. The zero-order valence-corrected chi connectivity index (χ0v) is 17.7. The van der Waals surface area contributed by atoms with Gasteiger partial charge in [0.1, 0.15) is 0 Å². The topological polar surface area (TPSA) is 92.3 Å². The van der Waals surface area contributed by atoms with Crippen LogP contribution < -0.4 is 5.32 Å². The Morgan fingerprint density at radius 3 is 2.78 bits per heavy atom. The molecule has 0 unspecified atom stereocenters. The lowest BCUT2D eigenvalue weighted by atomic mass is 10.0. The molecule has 2 aromatic rings. The first-order valence-electron chi connectivity index (χ1n) is 8.78. The van der Waals surface area contributed by atoms with E-state index in [1.54, 1.807) is 23.9 Å². The fraction of sp³-hybridized carbons (Fsp3) is 0.471. The van der Waals surface area contributed by atoms with Crippen LogP contribution in [0, 0.1) is 5.92 Å². The molecule has 10 heteroatoms. The largest absolute Gasteiger partial charge is 0.296 e. The lowest BCUT2D eigenvalue weighted by Crippen LogP contribution is -2.37. The van der Waals surface area contributed by atoms with Gasteiger partial charge in [-0.2, -0.15) is 4.31 Å². The normalized spacial score (nSPS) is 16.4. The van der Waals surface area contributed by atoms with E-state index in [0.717, 1.165) is 22.9 Å². The van der Waals surface area contributed by atoms with Crippen molar-refractivity contribution in [1.82, 2.24) is 14.5 Å². The maximum absolute atomic E-state index is 12.9. The van der Waals surface area contributed by atoms with Gasteiger partial charge in [0.15, 0.2) is 4.34 Å². The van der Waals surface area contributed by atoms with Gasteiger partial charge < -0.3 is 0 Å². The summed E-state index contributed by atoms with van der Waals surface area (Å²) < 4.78 is 28.0. The number of anilines is 1. The SMILES string of the molecule is CCSc1nnc(NC(=O)c2cccc(S(=O)(=O)N3CCC(C)CC3)c2)s1. The zero-order valence-electron chi connectivity index (χ0n) is 15.2. The van der Waals surface area contributed by atoms with Crippen LogP contribution in [0.5, 0.6) is 0 Å². The molecule has 0 radical (unpaired) electrons. The highest BCUT2D eigenvalue weighted by atomic mass is 32.2. The summed E-state index contributed by atoms with van der Waals surface area (Å²) in [5, 5.41) is 11.0. The summed E-state index contributed by atoms with van der Waals surface area (Å²) in [5.41, 5.74) is 0.279. The third-order valence-electron chi connectivity index (χ3n) is 4.37. The Bertz CT molecular complexity index is 906. The molecule has 0 atom stereocenters. The molecular weight excluding hydrogens is 404 g/mol. The number of nitrogens with zero attached hydrogens (tertiary/aromatic N) is 3. The van der Waals surface area contributed by atoms with Crippen molar-refractivity contribution >= 4 is 44.2 Å². The van der Waals surface area contributed by atoms with E-state index >= 15 is 0 Å². The zero-order chi connectivity index (χ0) is 19.4. The molecule has 0 bridgehead atoms. The average molecular weight is 427 g/mol. The van der Waals surface area contributed by atoms with Crippen LogP contribution >= 0.6 is 23.1 Å². The molecule has 1 saturated heterocycles. The predicted molar refractivity (Wildman–Crippen MR) is 108 cm³/mol. The van der Waals surface area contributed by atoms with Crippen LogP contribution in [-0.4, -0.2) is 47.7 Å². The van der Waals surface area contributed by atoms with E-state index in [1.807, 2.05) is 6.92 Å². The fourth-order valence-electron chi connectivity index (χ4n) is 2.78. The number of nitrogens with one attached hydrogen (secondary N) is 1. The minimum absolute atomic E-state index is 0.143. The number of aromatic nitrogens is 2. The number of piperidine rings is 1. The number of rotatable bonds is 6. The van der Waals surface area contributed by atoms with Gasteiger partial charge in [0.25, 0.3) is 5.91 Å². The van der Waals surface area contributed by atoms with Gasteiger partial charge >= 0.3 is 0 Å². The van der Waals surface area contributed by atoms with Crippen molar-refractivity contribution < 1.29 is 13.2 Å². The summed E-state index contributed by atoms with van der Waals surface area (Å²) >= 11 is 2.84. The second kappa shape index (κ2) is 8.68. The quantitative estimate of drug-likeness (QED) is 0.563. The first-order valence-corrected chi connectivity index (χ1v) is 12.0. The molecule has 0 spiro atoms. The summed E-state index contributed by atoms with van der Waals surface area (Å²) in [4.78, 5) is 12.6. The van der Waals surface area contributed by atoms with Crippen LogP contribution in [0.4, 0.5) is 5.13 Å². The van der Waals surface area contributed by atoms with Gasteiger partial charge in [-0.3, -0.25) is 10.1 Å². The molecule has 1 aliphatic heterocycles. The number of carbonyl (C=O) groups is 1. The Morgan fingerprint density at radius 1 is 1.33 bits per heavy atom. The molecule has 1 fully saturated rings. The Morgan fingerprint density at radius 2 is 2.07 bits per heavy atom. The predicted octanol–water partition coefficient (Wildman–Crippen LogP) is 3.32. The molecular formula is C17H22N4O3S3. The molecule has 0 aliphatic carbocycles. The first-order chi connectivity index (χ1) is 12.9. The molecule has 0 saturated carbocycles. The number of carbonyl (C=O) groups excluding carboxylic acids is 1.